The van der Waals surface area contributed by atoms with E-state index in [1.165, 1.54) is 4.68 Å². The number of benzene rings is 2. The van der Waals surface area contributed by atoms with Crippen LogP contribution in [0.25, 0.3) is 5.69 Å². The molecule has 0 fully saturated rings. The van der Waals surface area contributed by atoms with Crippen molar-refractivity contribution < 1.29 is 19.1 Å². The number of aromatic nitrogens is 2. The molecule has 1 aromatic heterocycles. The fraction of sp³-hybridized carbons (Fsp3) is 0. The Kier molecular flexibility index (Phi) is 3.70. The first-order chi connectivity index (χ1) is 10.2. The van der Waals surface area contributed by atoms with Crippen LogP contribution in [-0.2, 0) is 0 Å². The summed E-state index contributed by atoms with van der Waals surface area (Å²) in [6.45, 7) is 0. The number of hydrogen-bond acceptors (Lipinski definition) is 4. The number of ketones is 1. The van der Waals surface area contributed by atoms with Crippen LogP contribution < -0.4 is 9.79 Å². The minimum atomic E-state index is -0.530. The molecule has 3 aromatic rings. The van der Waals surface area contributed by atoms with Crippen molar-refractivity contribution in [3.63, 3.8) is 0 Å². The zero-order valence-electron chi connectivity index (χ0n) is 10.7. The Bertz CT molecular complexity index is 800. The molecule has 0 aliphatic rings. The highest BCUT2D eigenvalue weighted by atomic mass is 127. The quantitative estimate of drug-likeness (QED) is 0.388. The zero-order valence-corrected chi connectivity index (χ0v) is 12.9. The molecule has 0 saturated carbocycles. The van der Waals surface area contributed by atoms with Gasteiger partial charge in [0.15, 0.2) is 11.7 Å². The second-order valence-electron chi connectivity index (χ2n) is 4.28. The van der Waals surface area contributed by atoms with E-state index in [0.717, 1.165) is 0 Å². The maximum Gasteiger partial charge on any atom is 0.298 e. The van der Waals surface area contributed by atoms with Crippen molar-refractivity contribution in [2.75, 3.05) is 0 Å². The molecule has 0 radical (unpaired) electrons. The maximum atomic E-state index is 12.6. The molecule has 0 spiro atoms. The Balaban J connectivity index is 2.13. The van der Waals surface area contributed by atoms with Crippen molar-refractivity contribution in [1.82, 2.24) is 5.27 Å². The van der Waals surface area contributed by atoms with Crippen LogP contribution in [0.5, 0.6) is 5.95 Å². The first kappa shape index (κ1) is 13.7. The molecule has 0 aliphatic heterocycles. The Morgan fingerprint density at radius 2 is 1.76 bits per heavy atom. The molecule has 3 rings (SSSR count). The second kappa shape index (κ2) is 5.65. The lowest BCUT2D eigenvalue weighted by Crippen LogP contribution is -2.37. The van der Waals surface area contributed by atoms with Gasteiger partial charge in [-0.3, -0.25) is 4.79 Å². The van der Waals surface area contributed by atoms with Crippen LogP contribution >= 0.6 is 22.6 Å². The summed E-state index contributed by atoms with van der Waals surface area (Å²) in [6, 6.07) is 15.9. The summed E-state index contributed by atoms with van der Waals surface area (Å²) in [5.41, 5.74) is 1.55. The van der Waals surface area contributed by atoms with Gasteiger partial charge in [0.2, 0.25) is 0 Å². The first-order valence-electron chi connectivity index (χ1n) is 6.12. The summed E-state index contributed by atoms with van der Waals surface area (Å²) in [5.74, 6) is -0.664. The van der Waals surface area contributed by atoms with E-state index >= 15 is 0 Å². The standard InChI is InChI=1S/C15H9IN2O3/c16-14-15(20)21-17-18(14)12-9-5-4-8-11(12)13(19)10-6-2-1-3-7-10/h1-9H. The highest BCUT2D eigenvalue weighted by molar-refractivity contribution is 14.1. The van der Waals surface area contributed by atoms with E-state index in [9.17, 15) is 9.90 Å². The van der Waals surface area contributed by atoms with Crippen molar-refractivity contribution in [3.8, 4) is 11.6 Å². The minimum absolute atomic E-state index is 0.134. The van der Waals surface area contributed by atoms with Gasteiger partial charge in [-0.05, 0) is 10.7 Å². The van der Waals surface area contributed by atoms with E-state index in [-0.39, 0.29) is 5.78 Å². The number of nitrogens with zero attached hydrogens (tertiary/aromatic N) is 2. The Labute approximate surface area is 133 Å². The minimum Gasteiger partial charge on any atom is -0.538 e. The van der Waals surface area contributed by atoms with Crippen LogP contribution in [0.3, 0.4) is 0 Å². The van der Waals surface area contributed by atoms with Crippen molar-refractivity contribution in [1.29, 1.82) is 0 Å². The molecule has 0 aliphatic carbocycles. The number of carbonyl (C=O) groups is 1. The van der Waals surface area contributed by atoms with Gasteiger partial charge in [0.05, 0.1) is 10.8 Å². The SMILES string of the molecule is O=C(c1ccccc1)c1ccccc1-[n+]1noc([O-])c1I. The van der Waals surface area contributed by atoms with Crippen LogP contribution in [0.4, 0.5) is 0 Å². The van der Waals surface area contributed by atoms with Crippen LogP contribution in [0.1, 0.15) is 15.9 Å². The van der Waals surface area contributed by atoms with E-state index in [0.29, 0.717) is 20.5 Å². The average molecular weight is 392 g/mol. The summed E-state index contributed by atoms with van der Waals surface area (Å²) < 4.78 is 6.25. The molecule has 0 atom stereocenters. The van der Waals surface area contributed by atoms with Gasteiger partial charge in [-0.2, -0.15) is 0 Å². The van der Waals surface area contributed by atoms with Crippen molar-refractivity contribution in [2.24, 2.45) is 0 Å². The smallest absolute Gasteiger partial charge is 0.298 e. The predicted octanol–water partition coefficient (Wildman–Crippen LogP) is 1.86. The van der Waals surface area contributed by atoms with Gasteiger partial charge in [-0.25, -0.2) is 0 Å². The van der Waals surface area contributed by atoms with Gasteiger partial charge in [0.1, 0.15) is 0 Å². The van der Waals surface area contributed by atoms with Crippen molar-refractivity contribution >= 4 is 28.4 Å². The predicted molar refractivity (Wildman–Crippen MR) is 80.1 cm³/mol. The Morgan fingerprint density at radius 1 is 1.10 bits per heavy atom. The van der Waals surface area contributed by atoms with E-state index in [1.54, 1.807) is 48.5 Å². The molecule has 104 valence electrons. The fourth-order valence-corrected chi connectivity index (χ4v) is 2.43. The number of hydrogen-bond donors (Lipinski definition) is 0. The normalized spacial score (nSPS) is 10.5. The summed E-state index contributed by atoms with van der Waals surface area (Å²) in [6.07, 6.45) is 0. The van der Waals surface area contributed by atoms with Gasteiger partial charge in [0.25, 0.3) is 9.39 Å². The zero-order chi connectivity index (χ0) is 14.8. The average Bonchev–Trinajstić information content (AvgIpc) is 2.87. The third kappa shape index (κ3) is 2.54. The lowest BCUT2D eigenvalue weighted by molar-refractivity contribution is -0.682. The van der Waals surface area contributed by atoms with Crippen LogP contribution in [0, 0.1) is 3.70 Å². The molecular weight excluding hydrogens is 383 g/mol. The molecule has 0 amide bonds. The number of rotatable bonds is 3. The Morgan fingerprint density at radius 3 is 2.43 bits per heavy atom. The van der Waals surface area contributed by atoms with Crippen LogP contribution in [0.15, 0.2) is 59.1 Å². The molecule has 0 N–H and O–H groups in total. The molecule has 6 heteroatoms. The van der Waals surface area contributed by atoms with Gasteiger partial charge in [-0.15, -0.1) is 0 Å². The summed E-state index contributed by atoms with van der Waals surface area (Å²) in [5, 5.41) is 15.1. The van der Waals surface area contributed by atoms with Gasteiger partial charge >= 0.3 is 0 Å². The fourth-order valence-electron chi connectivity index (χ4n) is 1.98. The monoisotopic (exact) mass is 392 g/mol. The Hall–Kier alpha value is -2.22. The third-order valence-corrected chi connectivity index (χ3v) is 3.87. The lowest BCUT2D eigenvalue weighted by atomic mass is 10.0. The van der Waals surface area contributed by atoms with E-state index in [4.69, 9.17) is 0 Å². The molecule has 21 heavy (non-hydrogen) atoms. The maximum absolute atomic E-state index is 12.6. The third-order valence-electron chi connectivity index (χ3n) is 2.97. The summed E-state index contributed by atoms with van der Waals surface area (Å²) in [7, 11) is 0. The number of carbonyl (C=O) groups excluding carboxylic acids is 1. The summed E-state index contributed by atoms with van der Waals surface area (Å²) >= 11 is 1.84. The highest BCUT2D eigenvalue weighted by Crippen LogP contribution is 2.18. The van der Waals surface area contributed by atoms with Crippen molar-refractivity contribution in [3.05, 3.63) is 69.4 Å². The van der Waals surface area contributed by atoms with E-state index in [2.05, 4.69) is 9.79 Å². The first-order valence-corrected chi connectivity index (χ1v) is 7.20. The van der Waals surface area contributed by atoms with Gasteiger partial charge in [-0.1, -0.05) is 42.5 Å². The molecule has 5 nitrogen and oxygen atoms in total. The molecule has 1 heterocycles. The lowest BCUT2D eigenvalue weighted by Gasteiger charge is -2.02. The van der Waals surface area contributed by atoms with Crippen LogP contribution in [0.2, 0.25) is 0 Å². The highest BCUT2D eigenvalue weighted by Gasteiger charge is 2.24. The molecular formula is C15H9IN2O3. The second-order valence-corrected chi connectivity index (χ2v) is 5.30. The van der Waals surface area contributed by atoms with E-state index < -0.39 is 5.95 Å². The largest absolute Gasteiger partial charge is 0.538 e. The van der Waals surface area contributed by atoms with Gasteiger partial charge < -0.3 is 9.63 Å². The number of halogens is 1. The molecule has 0 saturated heterocycles. The van der Waals surface area contributed by atoms with Gasteiger partial charge in [0, 0.05) is 34.2 Å². The topological polar surface area (TPSA) is 70.0 Å². The molecule has 0 unspecified atom stereocenters. The molecule has 0 bridgehead atoms. The van der Waals surface area contributed by atoms with Crippen molar-refractivity contribution in [2.45, 2.75) is 0 Å². The molecule has 2 aromatic carbocycles. The number of para-hydroxylation sites is 1. The van der Waals surface area contributed by atoms with Crippen LogP contribution in [-0.4, -0.2) is 11.1 Å². The van der Waals surface area contributed by atoms with E-state index in [1.807, 2.05) is 28.7 Å². The summed E-state index contributed by atoms with van der Waals surface area (Å²) in [4.78, 5) is 12.6.